The molecule has 0 radical (unpaired) electrons. The van der Waals surface area contributed by atoms with E-state index < -0.39 is 0 Å². The topological polar surface area (TPSA) is 0 Å². The van der Waals surface area contributed by atoms with Crippen molar-refractivity contribution < 1.29 is 0 Å². The van der Waals surface area contributed by atoms with Crippen LogP contribution in [0, 0.1) is 0 Å². The van der Waals surface area contributed by atoms with Gasteiger partial charge in [-0.05, 0) is 59.8 Å². The molecule has 0 heteroatoms. The van der Waals surface area contributed by atoms with Gasteiger partial charge in [-0.15, -0.1) is 0 Å². The summed E-state index contributed by atoms with van der Waals surface area (Å²) >= 11 is 0. The Morgan fingerprint density at radius 3 is 1.94 bits per heavy atom. The smallest absolute Gasteiger partial charge is 0.0164 e. The van der Waals surface area contributed by atoms with Crippen LogP contribution in [0.25, 0.3) is 0 Å². The number of hydrogen-bond donors (Lipinski definition) is 0. The lowest BCUT2D eigenvalue weighted by Crippen LogP contribution is -1.79. The summed E-state index contributed by atoms with van der Waals surface area (Å²) in [6.45, 7) is 11.1. The van der Waals surface area contributed by atoms with Gasteiger partial charge in [0.1, 0.15) is 0 Å². The zero-order valence-electron chi connectivity index (χ0n) is 12.5. The molecule has 0 aliphatic rings. The summed E-state index contributed by atoms with van der Waals surface area (Å²) in [5.74, 6) is 0. The highest BCUT2D eigenvalue weighted by atomic mass is 14.0. The van der Waals surface area contributed by atoms with Gasteiger partial charge in [-0.3, -0.25) is 0 Å². The van der Waals surface area contributed by atoms with E-state index in [9.17, 15) is 0 Å². The van der Waals surface area contributed by atoms with Gasteiger partial charge in [0, 0.05) is 0 Å². The van der Waals surface area contributed by atoms with E-state index in [1.807, 2.05) is 0 Å². The summed E-state index contributed by atoms with van der Waals surface area (Å²) < 4.78 is 0. The first-order valence-corrected chi connectivity index (χ1v) is 7.00. The molecule has 0 nitrogen and oxygen atoms in total. The van der Waals surface area contributed by atoms with Crippen molar-refractivity contribution in [3.8, 4) is 0 Å². The quantitative estimate of drug-likeness (QED) is 0.438. The Hall–Kier alpha value is -0.780. The van der Waals surface area contributed by atoms with Crippen molar-refractivity contribution in [3.05, 3.63) is 34.9 Å². The molecule has 0 rings (SSSR count). The van der Waals surface area contributed by atoms with E-state index in [1.54, 1.807) is 5.57 Å². The molecule has 0 atom stereocenters. The van der Waals surface area contributed by atoms with Gasteiger partial charge in [0.15, 0.2) is 0 Å². The first-order chi connectivity index (χ1) is 8.06. The standard InChI is InChI=1S/C17H30/c1-6-7-11-16(4)13-9-14-17(5)12-8-10-15(2)3/h10,13-14H,6-9,11-12H2,1-5H3/b16-13+,17-14-. The lowest BCUT2D eigenvalue weighted by atomic mass is 10.1. The van der Waals surface area contributed by atoms with Crippen LogP contribution in [0.4, 0.5) is 0 Å². The third-order valence-electron chi connectivity index (χ3n) is 2.95. The highest BCUT2D eigenvalue weighted by molar-refractivity contribution is 5.07. The van der Waals surface area contributed by atoms with Gasteiger partial charge in [-0.1, -0.05) is 48.3 Å². The minimum Gasteiger partial charge on any atom is -0.0856 e. The number of unbranched alkanes of at least 4 members (excludes halogenated alkanes) is 1. The van der Waals surface area contributed by atoms with Crippen LogP contribution in [0.15, 0.2) is 34.9 Å². The Bertz CT molecular complexity index is 272. The second kappa shape index (κ2) is 10.4. The molecule has 0 aliphatic carbocycles. The average molecular weight is 234 g/mol. The van der Waals surface area contributed by atoms with Gasteiger partial charge in [0.25, 0.3) is 0 Å². The minimum absolute atomic E-state index is 1.11. The molecule has 0 aromatic carbocycles. The van der Waals surface area contributed by atoms with Crippen molar-refractivity contribution in [3.63, 3.8) is 0 Å². The van der Waals surface area contributed by atoms with E-state index in [0.717, 1.165) is 6.42 Å². The molecule has 0 fully saturated rings. The van der Waals surface area contributed by atoms with Crippen molar-refractivity contribution in [2.24, 2.45) is 0 Å². The van der Waals surface area contributed by atoms with Gasteiger partial charge < -0.3 is 0 Å². The Morgan fingerprint density at radius 1 is 0.824 bits per heavy atom. The van der Waals surface area contributed by atoms with Crippen LogP contribution in [0.1, 0.15) is 73.1 Å². The van der Waals surface area contributed by atoms with E-state index in [2.05, 4.69) is 52.8 Å². The molecule has 0 saturated heterocycles. The monoisotopic (exact) mass is 234 g/mol. The van der Waals surface area contributed by atoms with Gasteiger partial charge in [-0.2, -0.15) is 0 Å². The molecule has 0 bridgehead atoms. The van der Waals surface area contributed by atoms with E-state index in [0.29, 0.717) is 0 Å². The summed E-state index contributed by atoms with van der Waals surface area (Å²) in [6, 6.07) is 0. The van der Waals surface area contributed by atoms with Crippen LogP contribution < -0.4 is 0 Å². The third kappa shape index (κ3) is 11.5. The zero-order chi connectivity index (χ0) is 13.1. The van der Waals surface area contributed by atoms with Crippen molar-refractivity contribution in [2.45, 2.75) is 73.1 Å². The predicted octanol–water partition coefficient (Wildman–Crippen LogP) is 6.21. The Kier molecular flexibility index (Phi) is 9.90. The lowest BCUT2D eigenvalue weighted by molar-refractivity contribution is 0.785. The Balaban J connectivity index is 3.86. The average Bonchev–Trinajstić information content (AvgIpc) is 2.25. The molecular formula is C17H30. The second-order valence-electron chi connectivity index (χ2n) is 5.26. The number of rotatable bonds is 8. The molecule has 0 aromatic rings. The van der Waals surface area contributed by atoms with E-state index in [4.69, 9.17) is 0 Å². The number of allylic oxidation sites excluding steroid dienone is 6. The summed E-state index contributed by atoms with van der Waals surface area (Å²) in [5.41, 5.74) is 4.48. The van der Waals surface area contributed by atoms with Crippen molar-refractivity contribution in [1.82, 2.24) is 0 Å². The van der Waals surface area contributed by atoms with Crippen LogP contribution in [0.2, 0.25) is 0 Å². The minimum atomic E-state index is 1.11. The highest BCUT2D eigenvalue weighted by Gasteiger charge is 1.90. The van der Waals surface area contributed by atoms with Gasteiger partial charge >= 0.3 is 0 Å². The Labute approximate surface area is 109 Å². The maximum atomic E-state index is 2.38. The van der Waals surface area contributed by atoms with Crippen LogP contribution in [0.3, 0.4) is 0 Å². The normalized spacial score (nSPS) is 12.8. The summed E-state index contributed by atoms with van der Waals surface area (Å²) in [6.07, 6.45) is 14.4. The predicted molar refractivity (Wildman–Crippen MR) is 80.3 cm³/mol. The van der Waals surface area contributed by atoms with E-state index in [-0.39, 0.29) is 0 Å². The lowest BCUT2D eigenvalue weighted by Gasteiger charge is -2.00. The highest BCUT2D eigenvalue weighted by Crippen LogP contribution is 2.10. The van der Waals surface area contributed by atoms with E-state index in [1.165, 1.54) is 43.3 Å². The summed E-state index contributed by atoms with van der Waals surface area (Å²) in [5, 5.41) is 0. The summed E-state index contributed by atoms with van der Waals surface area (Å²) in [4.78, 5) is 0. The second-order valence-corrected chi connectivity index (χ2v) is 5.26. The largest absolute Gasteiger partial charge is 0.0856 e. The maximum absolute atomic E-state index is 2.38. The van der Waals surface area contributed by atoms with Gasteiger partial charge in [0.2, 0.25) is 0 Å². The first-order valence-electron chi connectivity index (χ1n) is 7.00. The number of hydrogen-bond acceptors (Lipinski definition) is 0. The van der Waals surface area contributed by atoms with Crippen molar-refractivity contribution in [1.29, 1.82) is 0 Å². The van der Waals surface area contributed by atoms with Crippen LogP contribution >= 0.6 is 0 Å². The fraction of sp³-hybridized carbons (Fsp3) is 0.647. The molecule has 0 aromatic heterocycles. The molecular weight excluding hydrogens is 204 g/mol. The van der Waals surface area contributed by atoms with Crippen molar-refractivity contribution in [2.75, 3.05) is 0 Å². The fourth-order valence-corrected chi connectivity index (χ4v) is 1.71. The molecule has 0 unspecified atom stereocenters. The molecule has 0 saturated carbocycles. The van der Waals surface area contributed by atoms with Crippen LogP contribution in [-0.2, 0) is 0 Å². The molecule has 0 amide bonds. The van der Waals surface area contributed by atoms with Gasteiger partial charge in [-0.25, -0.2) is 0 Å². The third-order valence-corrected chi connectivity index (χ3v) is 2.95. The molecule has 0 aliphatic heterocycles. The van der Waals surface area contributed by atoms with Gasteiger partial charge in [0.05, 0.1) is 0 Å². The fourth-order valence-electron chi connectivity index (χ4n) is 1.71. The molecule has 0 spiro atoms. The molecule has 0 N–H and O–H groups in total. The first kappa shape index (κ1) is 16.2. The zero-order valence-corrected chi connectivity index (χ0v) is 12.5. The molecule has 98 valence electrons. The Morgan fingerprint density at radius 2 is 1.41 bits per heavy atom. The SMILES string of the molecule is CCCC/C(C)=C/C/C=C(/C)CCC=C(C)C. The van der Waals surface area contributed by atoms with Crippen LogP contribution in [0.5, 0.6) is 0 Å². The molecule has 0 heterocycles. The molecule has 17 heavy (non-hydrogen) atoms. The van der Waals surface area contributed by atoms with E-state index >= 15 is 0 Å². The maximum Gasteiger partial charge on any atom is -0.0164 e. The van der Waals surface area contributed by atoms with Crippen molar-refractivity contribution >= 4 is 0 Å². The summed E-state index contributed by atoms with van der Waals surface area (Å²) in [7, 11) is 0. The van der Waals surface area contributed by atoms with Crippen LogP contribution in [-0.4, -0.2) is 0 Å².